The first-order valence-electron chi connectivity index (χ1n) is 7.47. The highest BCUT2D eigenvalue weighted by atomic mass is 16.6. The first-order valence-corrected chi connectivity index (χ1v) is 7.47. The van der Waals surface area contributed by atoms with Crippen LogP contribution in [0, 0.1) is 0 Å². The molecule has 0 aliphatic heterocycles. The van der Waals surface area contributed by atoms with Gasteiger partial charge in [0.25, 0.3) is 5.91 Å². The molecule has 1 rings (SSSR count). The van der Waals surface area contributed by atoms with Crippen LogP contribution in [-0.2, 0) is 24.5 Å². The van der Waals surface area contributed by atoms with E-state index in [4.69, 9.17) is 4.74 Å². The maximum Gasteiger partial charge on any atom is 0.332 e. The van der Waals surface area contributed by atoms with E-state index in [0.717, 1.165) is 5.75 Å². The van der Waals surface area contributed by atoms with Gasteiger partial charge in [0, 0.05) is 7.11 Å². The van der Waals surface area contributed by atoms with Crippen molar-refractivity contribution in [1.82, 2.24) is 5.32 Å². The molecule has 0 atom stereocenters. The average molecular weight is 323 g/mol. The van der Waals surface area contributed by atoms with Crippen LogP contribution in [0.25, 0.3) is 0 Å². The van der Waals surface area contributed by atoms with Crippen molar-refractivity contribution in [3.63, 3.8) is 0 Å². The summed E-state index contributed by atoms with van der Waals surface area (Å²) < 4.78 is 14.8. The summed E-state index contributed by atoms with van der Waals surface area (Å²) in [6.45, 7) is 6.64. The summed E-state index contributed by atoms with van der Waals surface area (Å²) in [6.07, 6.45) is 0. The van der Waals surface area contributed by atoms with Crippen LogP contribution < -0.4 is 10.1 Å². The molecule has 0 saturated heterocycles. The Kier molecular flexibility index (Phi) is 7.54. The van der Waals surface area contributed by atoms with Gasteiger partial charge >= 0.3 is 5.97 Å². The molecule has 0 aromatic heterocycles. The molecule has 6 heteroatoms. The number of ether oxygens (including phenoxy) is 3. The Morgan fingerprint density at radius 2 is 1.74 bits per heavy atom. The zero-order valence-electron chi connectivity index (χ0n) is 14.2. The molecule has 0 aliphatic carbocycles. The number of carbonyl (C=O) groups excluding carboxylic acids is 2. The van der Waals surface area contributed by atoms with Crippen molar-refractivity contribution in [2.75, 3.05) is 33.5 Å². The molecule has 1 N–H and O–H groups in total. The van der Waals surface area contributed by atoms with Crippen LogP contribution in [0.5, 0.6) is 5.75 Å². The zero-order valence-corrected chi connectivity index (χ0v) is 14.2. The van der Waals surface area contributed by atoms with Crippen LogP contribution in [0.1, 0.15) is 26.3 Å². The molecule has 0 heterocycles. The lowest BCUT2D eigenvalue weighted by Crippen LogP contribution is -2.32. The third-order valence-corrected chi connectivity index (χ3v) is 3.04. The average Bonchev–Trinajstić information content (AvgIpc) is 2.49. The van der Waals surface area contributed by atoms with Gasteiger partial charge in [-0.2, -0.15) is 0 Å². The Morgan fingerprint density at radius 3 is 2.30 bits per heavy atom. The van der Waals surface area contributed by atoms with Crippen LogP contribution in [0.3, 0.4) is 0 Å². The predicted molar refractivity (Wildman–Crippen MR) is 86.5 cm³/mol. The number of benzene rings is 1. The van der Waals surface area contributed by atoms with Crippen molar-refractivity contribution in [2.45, 2.75) is 26.2 Å². The van der Waals surface area contributed by atoms with E-state index in [0.29, 0.717) is 13.2 Å². The first kappa shape index (κ1) is 19.0. The van der Waals surface area contributed by atoms with Crippen molar-refractivity contribution in [2.24, 2.45) is 0 Å². The third-order valence-electron chi connectivity index (χ3n) is 3.04. The molecule has 23 heavy (non-hydrogen) atoms. The summed E-state index contributed by atoms with van der Waals surface area (Å²) in [5, 5.41) is 2.60. The van der Waals surface area contributed by atoms with Gasteiger partial charge < -0.3 is 19.5 Å². The number of esters is 1. The Labute approximate surface area is 137 Å². The Bertz CT molecular complexity index is 505. The van der Waals surface area contributed by atoms with Gasteiger partial charge in [-0.3, -0.25) is 4.79 Å². The molecular weight excluding hydrogens is 298 g/mol. The number of amides is 1. The number of hydrogen-bond donors (Lipinski definition) is 1. The third kappa shape index (κ3) is 7.65. The first-order chi connectivity index (χ1) is 10.8. The molecule has 1 amide bonds. The van der Waals surface area contributed by atoms with Crippen molar-refractivity contribution in [3.8, 4) is 5.75 Å². The van der Waals surface area contributed by atoms with Gasteiger partial charge in [-0.25, -0.2) is 4.79 Å². The lowest BCUT2D eigenvalue weighted by atomic mass is 9.87. The normalized spacial score (nSPS) is 11.0. The fraction of sp³-hybridized carbons (Fsp3) is 0.529. The number of hydrogen-bond acceptors (Lipinski definition) is 5. The van der Waals surface area contributed by atoms with Crippen molar-refractivity contribution < 1.29 is 23.8 Å². The topological polar surface area (TPSA) is 73.9 Å². The van der Waals surface area contributed by atoms with Gasteiger partial charge in [-0.05, 0) is 23.1 Å². The summed E-state index contributed by atoms with van der Waals surface area (Å²) in [5.41, 5.74) is 1.34. The standard InChI is InChI=1S/C17H25NO5/c1-17(2,3)13-5-7-14(8-6-13)22-10-9-18-15(19)11-23-16(20)12-21-4/h5-8H,9-12H2,1-4H3,(H,18,19). The molecule has 0 radical (unpaired) electrons. The minimum absolute atomic E-state index is 0.104. The van der Waals surface area contributed by atoms with E-state index in [1.165, 1.54) is 12.7 Å². The van der Waals surface area contributed by atoms with Crippen LogP contribution in [0.4, 0.5) is 0 Å². The Morgan fingerprint density at radius 1 is 1.09 bits per heavy atom. The van der Waals surface area contributed by atoms with Gasteiger partial charge in [0.1, 0.15) is 19.0 Å². The molecule has 1 aromatic carbocycles. The Balaban J connectivity index is 2.22. The minimum atomic E-state index is -0.571. The molecular formula is C17H25NO5. The fourth-order valence-corrected chi connectivity index (χ4v) is 1.77. The fourth-order valence-electron chi connectivity index (χ4n) is 1.77. The van der Waals surface area contributed by atoms with Gasteiger partial charge in [0.15, 0.2) is 6.61 Å². The molecule has 128 valence electrons. The number of methoxy groups -OCH3 is 1. The number of rotatable bonds is 8. The molecule has 0 unspecified atom stereocenters. The van der Waals surface area contributed by atoms with Crippen LogP contribution >= 0.6 is 0 Å². The van der Waals surface area contributed by atoms with Gasteiger partial charge in [0.05, 0.1) is 6.54 Å². The molecule has 0 fully saturated rings. The van der Waals surface area contributed by atoms with Gasteiger partial charge in [0.2, 0.25) is 0 Å². The second-order valence-electron chi connectivity index (χ2n) is 6.07. The second kappa shape index (κ2) is 9.15. The predicted octanol–water partition coefficient (Wildman–Crippen LogP) is 1.67. The second-order valence-corrected chi connectivity index (χ2v) is 6.07. The summed E-state index contributed by atoms with van der Waals surface area (Å²) in [7, 11) is 1.38. The summed E-state index contributed by atoms with van der Waals surface area (Å²) in [4.78, 5) is 22.4. The molecule has 0 spiro atoms. The largest absolute Gasteiger partial charge is 0.492 e. The molecule has 1 aromatic rings. The lowest BCUT2D eigenvalue weighted by Gasteiger charge is -2.19. The number of nitrogens with one attached hydrogen (secondary N) is 1. The van der Waals surface area contributed by atoms with E-state index < -0.39 is 5.97 Å². The molecule has 0 aliphatic rings. The van der Waals surface area contributed by atoms with E-state index in [2.05, 4.69) is 35.6 Å². The van der Waals surface area contributed by atoms with E-state index in [-0.39, 0.29) is 24.5 Å². The van der Waals surface area contributed by atoms with E-state index in [9.17, 15) is 9.59 Å². The van der Waals surface area contributed by atoms with E-state index in [1.54, 1.807) is 0 Å². The number of carbonyl (C=O) groups is 2. The summed E-state index contributed by atoms with van der Waals surface area (Å²) in [6, 6.07) is 7.89. The van der Waals surface area contributed by atoms with Gasteiger partial charge in [-0.15, -0.1) is 0 Å². The zero-order chi connectivity index (χ0) is 17.3. The molecule has 6 nitrogen and oxygen atoms in total. The van der Waals surface area contributed by atoms with Crippen LogP contribution in [-0.4, -0.2) is 45.4 Å². The van der Waals surface area contributed by atoms with Crippen LogP contribution in [0.15, 0.2) is 24.3 Å². The maximum atomic E-state index is 11.4. The van der Waals surface area contributed by atoms with Crippen molar-refractivity contribution in [1.29, 1.82) is 0 Å². The van der Waals surface area contributed by atoms with E-state index >= 15 is 0 Å². The summed E-state index contributed by atoms with van der Waals surface area (Å²) >= 11 is 0. The minimum Gasteiger partial charge on any atom is -0.492 e. The highest BCUT2D eigenvalue weighted by molar-refractivity contribution is 5.80. The molecule has 0 bridgehead atoms. The Hall–Kier alpha value is -2.08. The van der Waals surface area contributed by atoms with Gasteiger partial charge in [-0.1, -0.05) is 32.9 Å². The highest BCUT2D eigenvalue weighted by Crippen LogP contribution is 2.24. The monoisotopic (exact) mass is 323 g/mol. The van der Waals surface area contributed by atoms with E-state index in [1.807, 2.05) is 24.3 Å². The van der Waals surface area contributed by atoms with Crippen molar-refractivity contribution in [3.05, 3.63) is 29.8 Å². The lowest BCUT2D eigenvalue weighted by molar-refractivity contribution is -0.152. The van der Waals surface area contributed by atoms with Crippen molar-refractivity contribution >= 4 is 11.9 Å². The molecule has 0 saturated carbocycles. The highest BCUT2D eigenvalue weighted by Gasteiger charge is 2.13. The smallest absolute Gasteiger partial charge is 0.332 e. The SMILES string of the molecule is COCC(=O)OCC(=O)NCCOc1ccc(C(C)(C)C)cc1. The van der Waals surface area contributed by atoms with Crippen LogP contribution in [0.2, 0.25) is 0 Å². The summed E-state index contributed by atoms with van der Waals surface area (Å²) in [5.74, 6) is -0.197. The quantitative estimate of drug-likeness (QED) is 0.582. The maximum absolute atomic E-state index is 11.4.